The van der Waals surface area contributed by atoms with E-state index in [1.54, 1.807) is 0 Å². The van der Waals surface area contributed by atoms with E-state index < -0.39 is 5.38 Å². The molecule has 1 N–H and O–H groups in total. The van der Waals surface area contributed by atoms with Gasteiger partial charge in [-0.05, 0) is 62.4 Å². The molecule has 1 aliphatic carbocycles. The summed E-state index contributed by atoms with van der Waals surface area (Å²) in [7, 11) is 0. The topological polar surface area (TPSA) is 29.1 Å². The van der Waals surface area contributed by atoms with Crippen molar-refractivity contribution in [1.29, 1.82) is 0 Å². The highest BCUT2D eigenvalue weighted by atomic mass is 79.9. The molecule has 1 unspecified atom stereocenters. The Morgan fingerprint density at radius 3 is 2.53 bits per heavy atom. The number of benzene rings is 1. The van der Waals surface area contributed by atoms with Crippen LogP contribution in [0.4, 0.5) is 0 Å². The zero-order chi connectivity index (χ0) is 13.8. The molecule has 0 spiro atoms. The van der Waals surface area contributed by atoms with Gasteiger partial charge in [0.15, 0.2) is 0 Å². The zero-order valence-corrected chi connectivity index (χ0v) is 14.4. The maximum atomic E-state index is 12.1. The summed E-state index contributed by atoms with van der Waals surface area (Å²) in [5.74, 6) is -0.0946. The fourth-order valence-corrected chi connectivity index (χ4v) is 3.18. The van der Waals surface area contributed by atoms with Crippen molar-refractivity contribution in [2.45, 2.75) is 43.5 Å². The molecular formula is C14H16Br2ClNO. The molecule has 0 bridgehead atoms. The van der Waals surface area contributed by atoms with E-state index in [4.69, 9.17) is 11.6 Å². The lowest BCUT2D eigenvalue weighted by molar-refractivity contribution is -0.121. The SMILES string of the molecule is O=C(NC1CCCCC1)C(Cl)c1ccc(Br)c(Br)c1. The monoisotopic (exact) mass is 407 g/mol. The lowest BCUT2D eigenvalue weighted by Crippen LogP contribution is -2.38. The molecule has 0 aliphatic heterocycles. The average molecular weight is 410 g/mol. The second kappa shape index (κ2) is 7.09. The van der Waals surface area contributed by atoms with Crippen LogP contribution in [0.25, 0.3) is 0 Å². The molecule has 1 atom stereocenters. The molecule has 1 aliphatic rings. The quantitative estimate of drug-likeness (QED) is 0.704. The molecule has 0 aromatic heterocycles. The molecular weight excluding hydrogens is 393 g/mol. The van der Waals surface area contributed by atoms with Gasteiger partial charge in [0.05, 0.1) is 0 Å². The molecule has 1 fully saturated rings. The number of rotatable bonds is 3. The molecule has 1 saturated carbocycles. The number of hydrogen-bond donors (Lipinski definition) is 1. The molecule has 19 heavy (non-hydrogen) atoms. The minimum atomic E-state index is -0.633. The summed E-state index contributed by atoms with van der Waals surface area (Å²) in [6, 6.07) is 5.93. The smallest absolute Gasteiger partial charge is 0.242 e. The van der Waals surface area contributed by atoms with Gasteiger partial charge in [-0.1, -0.05) is 25.3 Å². The number of hydrogen-bond acceptors (Lipinski definition) is 1. The predicted molar refractivity (Wildman–Crippen MR) is 85.5 cm³/mol. The minimum Gasteiger partial charge on any atom is -0.352 e. The van der Waals surface area contributed by atoms with Gasteiger partial charge < -0.3 is 5.32 Å². The van der Waals surface area contributed by atoms with Crippen LogP contribution in [0, 0.1) is 0 Å². The van der Waals surface area contributed by atoms with Gasteiger partial charge in [0.25, 0.3) is 0 Å². The summed E-state index contributed by atoms with van der Waals surface area (Å²) in [5, 5.41) is 2.42. The largest absolute Gasteiger partial charge is 0.352 e. The number of amides is 1. The van der Waals surface area contributed by atoms with Crippen molar-refractivity contribution in [3.63, 3.8) is 0 Å². The standard InChI is InChI=1S/C14H16Br2ClNO/c15-11-7-6-9(8-12(11)16)13(17)14(19)18-10-4-2-1-3-5-10/h6-8,10,13H,1-5H2,(H,18,19). The van der Waals surface area contributed by atoms with Gasteiger partial charge in [-0.15, -0.1) is 11.6 Å². The van der Waals surface area contributed by atoms with Crippen LogP contribution in [0.5, 0.6) is 0 Å². The highest BCUT2D eigenvalue weighted by Crippen LogP contribution is 2.29. The Hall–Kier alpha value is -0.0600. The number of alkyl halides is 1. The van der Waals surface area contributed by atoms with Gasteiger partial charge in [0.2, 0.25) is 5.91 Å². The van der Waals surface area contributed by atoms with Crippen molar-refractivity contribution in [1.82, 2.24) is 5.32 Å². The van der Waals surface area contributed by atoms with Crippen LogP contribution >= 0.6 is 43.5 Å². The first-order valence-corrected chi connectivity index (χ1v) is 8.49. The summed E-state index contributed by atoms with van der Waals surface area (Å²) < 4.78 is 1.86. The van der Waals surface area contributed by atoms with Crippen molar-refractivity contribution in [3.05, 3.63) is 32.7 Å². The first-order chi connectivity index (χ1) is 9.08. The highest BCUT2D eigenvalue weighted by molar-refractivity contribution is 9.13. The Labute approximate surface area is 135 Å². The Balaban J connectivity index is 1.99. The fourth-order valence-electron chi connectivity index (χ4n) is 2.34. The van der Waals surface area contributed by atoms with Crippen LogP contribution in [-0.2, 0) is 4.79 Å². The Kier molecular flexibility index (Phi) is 5.72. The average Bonchev–Trinajstić information content (AvgIpc) is 2.42. The van der Waals surface area contributed by atoms with Gasteiger partial charge in [-0.2, -0.15) is 0 Å². The number of halogens is 3. The Bertz CT molecular complexity index is 461. The summed E-state index contributed by atoms with van der Waals surface area (Å²) in [4.78, 5) is 12.1. The van der Waals surface area contributed by atoms with Crippen molar-refractivity contribution < 1.29 is 4.79 Å². The van der Waals surface area contributed by atoms with E-state index in [-0.39, 0.29) is 5.91 Å². The maximum Gasteiger partial charge on any atom is 0.242 e. The Morgan fingerprint density at radius 1 is 1.21 bits per heavy atom. The molecule has 2 rings (SSSR count). The molecule has 1 amide bonds. The van der Waals surface area contributed by atoms with Crippen LogP contribution < -0.4 is 5.32 Å². The normalized spacial score (nSPS) is 18.1. The first-order valence-electron chi connectivity index (χ1n) is 6.47. The van der Waals surface area contributed by atoms with Gasteiger partial charge in [0, 0.05) is 15.0 Å². The van der Waals surface area contributed by atoms with Crippen LogP contribution in [0.1, 0.15) is 43.0 Å². The van der Waals surface area contributed by atoms with Gasteiger partial charge >= 0.3 is 0 Å². The van der Waals surface area contributed by atoms with Gasteiger partial charge in [0.1, 0.15) is 5.38 Å². The van der Waals surface area contributed by atoms with Crippen LogP contribution in [-0.4, -0.2) is 11.9 Å². The van der Waals surface area contributed by atoms with E-state index in [9.17, 15) is 4.79 Å². The van der Waals surface area contributed by atoms with E-state index in [0.717, 1.165) is 27.4 Å². The maximum absolute atomic E-state index is 12.1. The highest BCUT2D eigenvalue weighted by Gasteiger charge is 2.22. The van der Waals surface area contributed by atoms with E-state index in [1.165, 1.54) is 19.3 Å². The second-order valence-electron chi connectivity index (χ2n) is 4.88. The summed E-state index contributed by atoms with van der Waals surface area (Å²) >= 11 is 13.1. The van der Waals surface area contributed by atoms with Gasteiger partial charge in [-0.25, -0.2) is 0 Å². The molecule has 1 aromatic rings. The molecule has 1 aromatic carbocycles. The third kappa shape index (κ3) is 4.20. The minimum absolute atomic E-state index is 0.0946. The summed E-state index contributed by atoms with van der Waals surface area (Å²) in [6.07, 6.45) is 5.80. The lowest BCUT2D eigenvalue weighted by Gasteiger charge is -2.24. The third-order valence-corrected chi connectivity index (χ3v) is 5.75. The molecule has 0 saturated heterocycles. The number of carbonyl (C=O) groups excluding carboxylic acids is 1. The zero-order valence-electron chi connectivity index (χ0n) is 10.5. The predicted octanol–water partition coefficient (Wildman–Crippen LogP) is 4.94. The fraction of sp³-hybridized carbons (Fsp3) is 0.500. The molecule has 0 heterocycles. The Morgan fingerprint density at radius 2 is 1.89 bits per heavy atom. The van der Waals surface area contributed by atoms with Crippen LogP contribution in [0.15, 0.2) is 27.1 Å². The van der Waals surface area contributed by atoms with Gasteiger partial charge in [-0.3, -0.25) is 4.79 Å². The van der Waals surface area contributed by atoms with E-state index in [1.807, 2.05) is 18.2 Å². The van der Waals surface area contributed by atoms with E-state index >= 15 is 0 Å². The van der Waals surface area contributed by atoms with E-state index in [2.05, 4.69) is 37.2 Å². The van der Waals surface area contributed by atoms with Crippen LogP contribution in [0.2, 0.25) is 0 Å². The first kappa shape index (κ1) is 15.3. The molecule has 2 nitrogen and oxygen atoms in total. The van der Waals surface area contributed by atoms with Crippen molar-refractivity contribution in [2.24, 2.45) is 0 Å². The number of carbonyl (C=O) groups is 1. The van der Waals surface area contributed by atoms with Crippen molar-refractivity contribution in [2.75, 3.05) is 0 Å². The molecule has 0 radical (unpaired) electrons. The van der Waals surface area contributed by atoms with Crippen molar-refractivity contribution in [3.8, 4) is 0 Å². The number of nitrogens with one attached hydrogen (secondary N) is 1. The molecule has 104 valence electrons. The summed E-state index contributed by atoms with van der Waals surface area (Å²) in [6.45, 7) is 0. The molecule has 5 heteroatoms. The lowest BCUT2D eigenvalue weighted by atomic mass is 9.95. The third-order valence-electron chi connectivity index (χ3n) is 3.42. The van der Waals surface area contributed by atoms with Crippen molar-refractivity contribution >= 4 is 49.4 Å². The van der Waals surface area contributed by atoms with Crippen LogP contribution in [0.3, 0.4) is 0 Å². The summed E-state index contributed by atoms with van der Waals surface area (Å²) in [5.41, 5.74) is 0.810. The second-order valence-corrected chi connectivity index (χ2v) is 7.02. The van der Waals surface area contributed by atoms with E-state index in [0.29, 0.717) is 6.04 Å².